The summed E-state index contributed by atoms with van der Waals surface area (Å²) in [6, 6.07) is 23.3. The minimum Gasteiger partial charge on any atom is -0.497 e. The highest BCUT2D eigenvalue weighted by Gasteiger charge is 2.15. The summed E-state index contributed by atoms with van der Waals surface area (Å²) < 4.78 is 15.4. The number of nitrogens with zero attached hydrogens (tertiary/aromatic N) is 2. The monoisotopic (exact) mass is 606 g/mol. The van der Waals surface area contributed by atoms with Crippen LogP contribution in [0.25, 0.3) is 0 Å². The zero-order chi connectivity index (χ0) is 24.3. The fourth-order valence-electron chi connectivity index (χ4n) is 3.32. The molecule has 35 heavy (non-hydrogen) atoms. The maximum atomic E-state index is 11.8. The summed E-state index contributed by atoms with van der Waals surface area (Å²) in [6.45, 7) is 3.48. The first-order valence-electron chi connectivity index (χ1n) is 11.0. The molecule has 0 saturated heterocycles. The van der Waals surface area contributed by atoms with Crippen molar-refractivity contribution in [3.05, 3.63) is 89.5 Å². The van der Waals surface area contributed by atoms with Crippen LogP contribution in [-0.4, -0.2) is 43.1 Å². The molecule has 0 unspecified atom stereocenters. The number of benzene rings is 3. The molecular formula is C27H31IN2O4S. The van der Waals surface area contributed by atoms with Gasteiger partial charge in [0.2, 0.25) is 0 Å². The van der Waals surface area contributed by atoms with Gasteiger partial charge < -0.3 is 19.1 Å². The zero-order valence-electron chi connectivity index (χ0n) is 20.4. The van der Waals surface area contributed by atoms with Gasteiger partial charge in [-0.3, -0.25) is 0 Å². The SMILES string of the molecule is CCSC(=Nc1ccc(C(=O)OC)cc1)N(Cc1ccc(OC)cc1)Cc1ccc(OC)cc1.I. The van der Waals surface area contributed by atoms with Gasteiger partial charge in [-0.2, -0.15) is 0 Å². The summed E-state index contributed by atoms with van der Waals surface area (Å²) >= 11 is 1.68. The van der Waals surface area contributed by atoms with Crippen LogP contribution < -0.4 is 9.47 Å². The predicted molar refractivity (Wildman–Crippen MR) is 154 cm³/mol. The first-order chi connectivity index (χ1) is 16.6. The second-order valence-electron chi connectivity index (χ2n) is 7.42. The molecule has 8 heteroatoms. The van der Waals surface area contributed by atoms with Crippen LogP contribution in [0.2, 0.25) is 0 Å². The number of carbonyl (C=O) groups is 1. The van der Waals surface area contributed by atoms with Gasteiger partial charge in [0.25, 0.3) is 0 Å². The van der Waals surface area contributed by atoms with Crippen molar-refractivity contribution in [3.8, 4) is 11.5 Å². The van der Waals surface area contributed by atoms with Gasteiger partial charge in [0, 0.05) is 13.1 Å². The van der Waals surface area contributed by atoms with Gasteiger partial charge in [-0.1, -0.05) is 43.0 Å². The average Bonchev–Trinajstić information content (AvgIpc) is 2.89. The van der Waals surface area contributed by atoms with Crippen molar-refractivity contribution < 1.29 is 19.0 Å². The number of amidine groups is 1. The van der Waals surface area contributed by atoms with Crippen LogP contribution in [0.3, 0.4) is 0 Å². The Hall–Kier alpha value is -2.72. The van der Waals surface area contributed by atoms with E-state index in [9.17, 15) is 4.79 Å². The molecule has 6 nitrogen and oxygen atoms in total. The van der Waals surface area contributed by atoms with Gasteiger partial charge in [0.05, 0.1) is 32.6 Å². The number of rotatable bonds is 9. The maximum Gasteiger partial charge on any atom is 0.337 e. The Morgan fingerprint density at radius 1 is 0.800 bits per heavy atom. The van der Waals surface area contributed by atoms with E-state index in [-0.39, 0.29) is 29.9 Å². The van der Waals surface area contributed by atoms with Crippen LogP contribution in [-0.2, 0) is 17.8 Å². The fraction of sp³-hybridized carbons (Fsp3) is 0.259. The molecule has 0 aliphatic rings. The third-order valence-electron chi connectivity index (χ3n) is 5.12. The molecule has 0 saturated carbocycles. The Balaban J connectivity index is 0.00000432. The highest BCUT2D eigenvalue weighted by molar-refractivity contribution is 14.0. The lowest BCUT2D eigenvalue weighted by atomic mass is 10.1. The van der Waals surface area contributed by atoms with Gasteiger partial charge >= 0.3 is 5.97 Å². The first kappa shape index (κ1) is 28.5. The third kappa shape index (κ3) is 8.47. The van der Waals surface area contributed by atoms with Crippen molar-refractivity contribution >= 4 is 52.6 Å². The number of thioether (sulfide) groups is 1. The van der Waals surface area contributed by atoms with Crippen LogP contribution in [0.15, 0.2) is 77.8 Å². The highest BCUT2D eigenvalue weighted by Crippen LogP contribution is 2.24. The van der Waals surface area contributed by atoms with E-state index >= 15 is 0 Å². The lowest BCUT2D eigenvalue weighted by Gasteiger charge is -2.26. The summed E-state index contributed by atoms with van der Waals surface area (Å²) in [6.07, 6.45) is 0. The molecule has 0 spiro atoms. The van der Waals surface area contributed by atoms with Crippen LogP contribution in [0, 0.1) is 0 Å². The second-order valence-corrected chi connectivity index (χ2v) is 8.65. The molecule has 0 aromatic heterocycles. The van der Waals surface area contributed by atoms with Gasteiger partial charge in [-0.25, -0.2) is 9.79 Å². The molecule has 3 aromatic carbocycles. The van der Waals surface area contributed by atoms with E-state index in [1.165, 1.54) is 7.11 Å². The van der Waals surface area contributed by atoms with E-state index in [1.807, 2.05) is 36.4 Å². The van der Waals surface area contributed by atoms with Crippen LogP contribution in [0.4, 0.5) is 5.69 Å². The number of esters is 1. The predicted octanol–water partition coefficient (Wildman–Crippen LogP) is 6.55. The van der Waals surface area contributed by atoms with Crippen molar-refractivity contribution in [2.24, 2.45) is 4.99 Å². The molecule has 0 aliphatic heterocycles. The van der Waals surface area contributed by atoms with Gasteiger partial charge in [0.15, 0.2) is 5.17 Å². The van der Waals surface area contributed by atoms with Gasteiger partial charge in [-0.15, -0.1) is 24.0 Å². The van der Waals surface area contributed by atoms with Crippen LogP contribution in [0.5, 0.6) is 11.5 Å². The van der Waals surface area contributed by atoms with E-state index in [0.29, 0.717) is 18.7 Å². The molecule has 0 bridgehead atoms. The van der Waals surface area contributed by atoms with E-state index < -0.39 is 0 Å². The number of aliphatic imine (C=N–C) groups is 1. The molecule has 3 aromatic rings. The van der Waals surface area contributed by atoms with Crippen LogP contribution in [0.1, 0.15) is 28.4 Å². The largest absolute Gasteiger partial charge is 0.497 e. The summed E-state index contributed by atoms with van der Waals surface area (Å²) in [5.74, 6) is 2.17. The standard InChI is InChI=1S/C27H30N2O4S.HI/c1-5-34-27(28-23-12-10-22(11-13-23)26(30)33-4)29(18-20-6-14-24(31-2)15-7-20)19-21-8-16-25(32-3)17-9-21;/h6-17H,5,18-19H2,1-4H3;1H. The molecule has 0 fully saturated rings. The summed E-state index contributed by atoms with van der Waals surface area (Å²) in [5, 5.41) is 0.903. The normalized spacial score (nSPS) is 10.8. The first-order valence-corrected chi connectivity index (χ1v) is 12.0. The highest BCUT2D eigenvalue weighted by atomic mass is 127. The molecule has 0 N–H and O–H groups in total. The molecule has 0 aliphatic carbocycles. The number of hydrogen-bond acceptors (Lipinski definition) is 6. The molecule has 0 amide bonds. The second kappa shape index (κ2) is 14.6. The zero-order valence-corrected chi connectivity index (χ0v) is 23.5. The topological polar surface area (TPSA) is 60.4 Å². The van der Waals surface area contributed by atoms with E-state index in [1.54, 1.807) is 38.1 Å². The van der Waals surface area contributed by atoms with Crippen molar-refractivity contribution in [1.82, 2.24) is 4.90 Å². The Kier molecular flexibility index (Phi) is 11.9. The quantitative estimate of drug-likeness (QED) is 0.119. The number of ether oxygens (including phenoxy) is 3. The Morgan fingerprint density at radius 2 is 1.29 bits per heavy atom. The lowest BCUT2D eigenvalue weighted by molar-refractivity contribution is 0.0601. The number of carbonyl (C=O) groups excluding carboxylic acids is 1. The number of hydrogen-bond donors (Lipinski definition) is 0. The van der Waals surface area contributed by atoms with E-state index in [2.05, 4.69) is 36.1 Å². The minimum atomic E-state index is -0.362. The number of halogens is 1. The van der Waals surface area contributed by atoms with Crippen molar-refractivity contribution in [2.45, 2.75) is 20.0 Å². The molecule has 186 valence electrons. The third-order valence-corrected chi connectivity index (χ3v) is 6.02. The fourth-order valence-corrected chi connectivity index (χ4v) is 4.06. The average molecular weight is 607 g/mol. The molecular weight excluding hydrogens is 575 g/mol. The maximum absolute atomic E-state index is 11.8. The lowest BCUT2D eigenvalue weighted by Crippen LogP contribution is -2.28. The van der Waals surface area contributed by atoms with E-state index in [4.69, 9.17) is 19.2 Å². The smallest absolute Gasteiger partial charge is 0.337 e. The minimum absolute atomic E-state index is 0. The summed E-state index contributed by atoms with van der Waals surface area (Å²) in [7, 11) is 4.71. The Bertz CT molecular complexity index is 1040. The Morgan fingerprint density at radius 3 is 1.69 bits per heavy atom. The number of methoxy groups -OCH3 is 3. The summed E-state index contributed by atoms with van der Waals surface area (Å²) in [4.78, 5) is 19.0. The summed E-state index contributed by atoms with van der Waals surface area (Å²) in [5.41, 5.74) is 3.58. The van der Waals surface area contributed by atoms with Crippen LogP contribution >= 0.6 is 35.7 Å². The molecule has 0 radical (unpaired) electrons. The molecule has 3 rings (SSSR count). The van der Waals surface area contributed by atoms with Gasteiger partial charge in [-0.05, 0) is 65.4 Å². The van der Waals surface area contributed by atoms with Crippen molar-refractivity contribution in [2.75, 3.05) is 27.1 Å². The Labute approximate surface area is 228 Å². The van der Waals surface area contributed by atoms with Crippen molar-refractivity contribution in [3.63, 3.8) is 0 Å². The van der Waals surface area contributed by atoms with E-state index in [0.717, 1.165) is 39.2 Å². The van der Waals surface area contributed by atoms with Crippen molar-refractivity contribution in [1.29, 1.82) is 0 Å². The van der Waals surface area contributed by atoms with Gasteiger partial charge in [0.1, 0.15) is 11.5 Å². The molecule has 0 heterocycles. The molecule has 0 atom stereocenters.